The van der Waals surface area contributed by atoms with Gasteiger partial charge >= 0.3 is 0 Å². The molecule has 0 amide bonds. The summed E-state index contributed by atoms with van der Waals surface area (Å²) >= 11 is 0. The molecule has 0 radical (unpaired) electrons. The highest BCUT2D eigenvalue weighted by atomic mass is 15.2. The summed E-state index contributed by atoms with van der Waals surface area (Å²) in [6, 6.07) is 2.25. The Morgan fingerprint density at radius 2 is 1.86 bits per heavy atom. The zero-order chi connectivity index (χ0) is 10.1. The number of nitrogens with two attached hydrogens (primary N) is 1. The normalized spacial score (nSPS) is 32.4. The second-order valence-corrected chi connectivity index (χ2v) is 5.54. The molecule has 2 aliphatic rings. The first-order valence-corrected chi connectivity index (χ1v) is 6.18. The standard InChI is InChI=1S/C12H24N2/c1-9(2)5-6-14(11-3-4-11)12-7-10(13)8-12/h9-12H,3-8,13H2,1-2H3. The number of rotatable bonds is 5. The molecule has 82 valence electrons. The second kappa shape index (κ2) is 4.19. The fraction of sp³-hybridized carbons (Fsp3) is 1.00. The van der Waals surface area contributed by atoms with Crippen LogP contribution in [0.3, 0.4) is 0 Å². The van der Waals surface area contributed by atoms with E-state index in [0.717, 1.165) is 18.0 Å². The first-order chi connectivity index (χ1) is 6.66. The minimum Gasteiger partial charge on any atom is -0.328 e. The molecule has 0 spiro atoms. The van der Waals surface area contributed by atoms with Crippen LogP contribution in [0.15, 0.2) is 0 Å². The summed E-state index contributed by atoms with van der Waals surface area (Å²) in [6.45, 7) is 5.94. The van der Waals surface area contributed by atoms with Gasteiger partial charge < -0.3 is 5.73 Å². The molecule has 0 aromatic rings. The van der Waals surface area contributed by atoms with Gasteiger partial charge in [0, 0.05) is 18.1 Å². The number of nitrogens with zero attached hydrogens (tertiary/aromatic N) is 1. The van der Waals surface area contributed by atoms with Gasteiger partial charge in [-0.3, -0.25) is 4.90 Å². The molecule has 2 heteroatoms. The van der Waals surface area contributed by atoms with Gasteiger partial charge in [0.15, 0.2) is 0 Å². The molecule has 0 saturated heterocycles. The molecule has 2 saturated carbocycles. The molecule has 0 atom stereocenters. The van der Waals surface area contributed by atoms with Gasteiger partial charge in [-0.05, 0) is 44.6 Å². The molecule has 0 aromatic carbocycles. The fourth-order valence-corrected chi connectivity index (χ4v) is 2.38. The third-order valence-corrected chi connectivity index (χ3v) is 3.60. The summed E-state index contributed by atoms with van der Waals surface area (Å²) in [5.74, 6) is 0.838. The number of hydrogen-bond donors (Lipinski definition) is 1. The lowest BCUT2D eigenvalue weighted by Crippen LogP contribution is -2.51. The Labute approximate surface area is 87.8 Å². The van der Waals surface area contributed by atoms with Crippen molar-refractivity contribution in [2.75, 3.05) is 6.54 Å². The van der Waals surface area contributed by atoms with Gasteiger partial charge in [-0.25, -0.2) is 0 Å². The van der Waals surface area contributed by atoms with Crippen LogP contribution in [0, 0.1) is 5.92 Å². The Balaban J connectivity index is 1.76. The van der Waals surface area contributed by atoms with Crippen molar-refractivity contribution in [3.8, 4) is 0 Å². The summed E-state index contributed by atoms with van der Waals surface area (Å²) in [4.78, 5) is 2.74. The van der Waals surface area contributed by atoms with Crippen LogP contribution in [0.2, 0.25) is 0 Å². The van der Waals surface area contributed by atoms with E-state index in [1.807, 2.05) is 0 Å². The van der Waals surface area contributed by atoms with Crippen molar-refractivity contribution in [1.29, 1.82) is 0 Å². The van der Waals surface area contributed by atoms with Crippen molar-refractivity contribution in [2.24, 2.45) is 11.7 Å². The SMILES string of the molecule is CC(C)CCN(C1CC1)C1CC(N)C1. The molecule has 0 unspecified atom stereocenters. The van der Waals surface area contributed by atoms with Gasteiger partial charge in [0.1, 0.15) is 0 Å². The largest absolute Gasteiger partial charge is 0.328 e. The zero-order valence-electron chi connectivity index (χ0n) is 9.58. The first-order valence-electron chi connectivity index (χ1n) is 6.18. The van der Waals surface area contributed by atoms with Gasteiger partial charge in [-0.15, -0.1) is 0 Å². The Morgan fingerprint density at radius 1 is 1.21 bits per heavy atom. The highest BCUT2D eigenvalue weighted by Crippen LogP contribution is 2.35. The molecule has 0 heterocycles. The van der Waals surface area contributed by atoms with E-state index in [1.54, 1.807) is 0 Å². The summed E-state index contributed by atoms with van der Waals surface area (Å²) < 4.78 is 0. The second-order valence-electron chi connectivity index (χ2n) is 5.54. The minimum atomic E-state index is 0.500. The zero-order valence-corrected chi connectivity index (χ0v) is 9.58. The van der Waals surface area contributed by atoms with Gasteiger partial charge in [-0.2, -0.15) is 0 Å². The van der Waals surface area contributed by atoms with Gasteiger partial charge in [0.2, 0.25) is 0 Å². The van der Waals surface area contributed by atoms with Crippen molar-refractivity contribution in [1.82, 2.24) is 4.90 Å². The van der Waals surface area contributed by atoms with E-state index in [9.17, 15) is 0 Å². The smallest absolute Gasteiger partial charge is 0.0128 e. The van der Waals surface area contributed by atoms with E-state index in [2.05, 4.69) is 18.7 Å². The van der Waals surface area contributed by atoms with Crippen molar-refractivity contribution < 1.29 is 0 Å². The molecule has 0 bridgehead atoms. The lowest BCUT2D eigenvalue weighted by Gasteiger charge is -2.42. The Bertz CT molecular complexity index is 181. The van der Waals surface area contributed by atoms with Crippen LogP contribution in [0.4, 0.5) is 0 Å². The van der Waals surface area contributed by atoms with Crippen LogP contribution < -0.4 is 5.73 Å². The lowest BCUT2D eigenvalue weighted by atomic mass is 9.86. The van der Waals surface area contributed by atoms with Crippen LogP contribution >= 0.6 is 0 Å². The van der Waals surface area contributed by atoms with Crippen LogP contribution in [0.25, 0.3) is 0 Å². The summed E-state index contributed by atoms with van der Waals surface area (Å²) in [5.41, 5.74) is 5.86. The van der Waals surface area contributed by atoms with E-state index in [-0.39, 0.29) is 0 Å². The molecule has 2 rings (SSSR count). The van der Waals surface area contributed by atoms with E-state index in [4.69, 9.17) is 5.73 Å². The molecular formula is C12H24N2. The fourth-order valence-electron chi connectivity index (χ4n) is 2.38. The van der Waals surface area contributed by atoms with Crippen LogP contribution in [0.1, 0.15) is 46.0 Å². The predicted octanol–water partition coefficient (Wildman–Crippen LogP) is 1.99. The van der Waals surface area contributed by atoms with Crippen LogP contribution in [-0.2, 0) is 0 Å². The van der Waals surface area contributed by atoms with Crippen LogP contribution in [0.5, 0.6) is 0 Å². The molecule has 2 fully saturated rings. The highest BCUT2D eigenvalue weighted by molar-refractivity contribution is 4.96. The lowest BCUT2D eigenvalue weighted by molar-refractivity contribution is 0.0972. The quantitative estimate of drug-likeness (QED) is 0.728. The minimum absolute atomic E-state index is 0.500. The Morgan fingerprint density at radius 3 is 2.29 bits per heavy atom. The third kappa shape index (κ3) is 2.48. The van der Waals surface area contributed by atoms with Gasteiger partial charge in [-0.1, -0.05) is 13.8 Å². The molecule has 0 aliphatic heterocycles. The Hall–Kier alpha value is -0.0800. The maximum absolute atomic E-state index is 5.86. The van der Waals surface area contributed by atoms with Crippen molar-refractivity contribution in [2.45, 2.75) is 64.1 Å². The molecular weight excluding hydrogens is 172 g/mol. The predicted molar refractivity (Wildman–Crippen MR) is 60.2 cm³/mol. The van der Waals surface area contributed by atoms with E-state index < -0.39 is 0 Å². The average Bonchev–Trinajstić information content (AvgIpc) is 2.84. The maximum atomic E-state index is 5.86. The van der Waals surface area contributed by atoms with Gasteiger partial charge in [0.25, 0.3) is 0 Å². The molecule has 0 aromatic heterocycles. The van der Waals surface area contributed by atoms with E-state index in [0.29, 0.717) is 6.04 Å². The Kier molecular flexibility index (Phi) is 3.13. The first kappa shape index (κ1) is 10.4. The van der Waals surface area contributed by atoms with Gasteiger partial charge in [0.05, 0.1) is 0 Å². The maximum Gasteiger partial charge on any atom is 0.0128 e. The van der Waals surface area contributed by atoms with Crippen LogP contribution in [-0.4, -0.2) is 29.6 Å². The third-order valence-electron chi connectivity index (χ3n) is 3.60. The molecule has 2 N–H and O–H groups in total. The van der Waals surface area contributed by atoms with Crippen molar-refractivity contribution in [3.05, 3.63) is 0 Å². The monoisotopic (exact) mass is 196 g/mol. The summed E-state index contributed by atoms with van der Waals surface area (Å²) in [7, 11) is 0. The average molecular weight is 196 g/mol. The van der Waals surface area contributed by atoms with Crippen molar-refractivity contribution in [3.63, 3.8) is 0 Å². The molecule has 2 aliphatic carbocycles. The molecule has 2 nitrogen and oxygen atoms in total. The number of hydrogen-bond acceptors (Lipinski definition) is 2. The summed E-state index contributed by atoms with van der Waals surface area (Å²) in [5, 5.41) is 0. The van der Waals surface area contributed by atoms with E-state index in [1.165, 1.54) is 38.6 Å². The topological polar surface area (TPSA) is 29.3 Å². The van der Waals surface area contributed by atoms with Crippen molar-refractivity contribution >= 4 is 0 Å². The molecule has 14 heavy (non-hydrogen) atoms. The summed E-state index contributed by atoms with van der Waals surface area (Å²) in [6.07, 6.45) is 6.71. The highest BCUT2D eigenvalue weighted by Gasteiger charge is 2.38. The van der Waals surface area contributed by atoms with E-state index >= 15 is 0 Å².